The van der Waals surface area contributed by atoms with Crippen LogP contribution < -0.4 is 4.74 Å². The number of rotatable bonds is 5. The number of halogens is 3. The summed E-state index contributed by atoms with van der Waals surface area (Å²) in [5, 5.41) is 0.828. The Labute approximate surface area is 138 Å². The van der Waals surface area contributed by atoms with Crippen molar-refractivity contribution in [2.45, 2.75) is 11.8 Å². The summed E-state index contributed by atoms with van der Waals surface area (Å²) in [5.74, 6) is 0.862. The van der Waals surface area contributed by atoms with Gasteiger partial charge in [-0.15, -0.1) is 0 Å². The number of ether oxygens (including phenoxy) is 1. The van der Waals surface area contributed by atoms with Crippen LogP contribution in [-0.2, 0) is 11.8 Å². The summed E-state index contributed by atoms with van der Waals surface area (Å²) in [4.78, 5) is 0. The van der Waals surface area contributed by atoms with Gasteiger partial charge in [0.2, 0.25) is 0 Å². The maximum atomic E-state index is 5.86. The minimum absolute atomic E-state index is 0.662. The van der Waals surface area contributed by atoms with Crippen LogP contribution in [-0.4, -0.2) is 6.61 Å². The quantitative estimate of drug-likeness (QED) is 0.531. The van der Waals surface area contributed by atoms with E-state index < -0.39 is 0 Å². The summed E-state index contributed by atoms with van der Waals surface area (Å²) in [7, 11) is 0. The lowest BCUT2D eigenvalue weighted by molar-refractivity contribution is 0.318. The van der Waals surface area contributed by atoms with Crippen LogP contribution in [0.25, 0.3) is 0 Å². The Morgan fingerprint density at radius 1 is 0.895 bits per heavy atom. The molecule has 0 bridgehead atoms. The molecule has 0 atom stereocenters. The van der Waals surface area contributed by atoms with Crippen molar-refractivity contribution in [3.05, 3.63) is 62.5 Å². The van der Waals surface area contributed by atoms with Crippen molar-refractivity contribution in [3.63, 3.8) is 0 Å². The Balaban J connectivity index is 2.00. The van der Waals surface area contributed by atoms with E-state index in [-0.39, 0.29) is 0 Å². The Hall–Kier alpha value is -0.320. The number of alkyl halides is 1. The van der Waals surface area contributed by atoms with Crippen molar-refractivity contribution in [1.29, 1.82) is 0 Å². The third kappa shape index (κ3) is 4.33. The number of hydrogen-bond donors (Lipinski definition) is 0. The van der Waals surface area contributed by atoms with Gasteiger partial charge in [0, 0.05) is 11.8 Å². The maximum absolute atomic E-state index is 5.86. The zero-order chi connectivity index (χ0) is 13.7. The van der Waals surface area contributed by atoms with Gasteiger partial charge in [-0.25, -0.2) is 0 Å². The zero-order valence-corrected chi connectivity index (χ0v) is 15.0. The van der Waals surface area contributed by atoms with Gasteiger partial charge in [-0.2, -0.15) is 0 Å². The van der Waals surface area contributed by atoms with Gasteiger partial charge < -0.3 is 4.74 Å². The fraction of sp³-hybridized carbons (Fsp3) is 0.200. The SMILES string of the molecule is BrCc1cc(Br)c(OCCc2ccccc2)c(Br)c1. The largest absolute Gasteiger partial charge is 0.491 e. The molecule has 0 N–H and O–H groups in total. The number of benzene rings is 2. The molecule has 0 spiro atoms. The van der Waals surface area contributed by atoms with Gasteiger partial charge in [-0.3, -0.25) is 0 Å². The Morgan fingerprint density at radius 3 is 2.11 bits per heavy atom. The molecule has 0 unspecified atom stereocenters. The van der Waals surface area contributed by atoms with Gasteiger partial charge in [0.05, 0.1) is 15.6 Å². The monoisotopic (exact) mass is 446 g/mol. The highest BCUT2D eigenvalue weighted by atomic mass is 79.9. The fourth-order valence-corrected chi connectivity index (χ4v) is 3.58. The first-order valence-electron chi connectivity index (χ1n) is 5.91. The first-order chi connectivity index (χ1) is 9.20. The van der Waals surface area contributed by atoms with E-state index in [4.69, 9.17) is 4.74 Å². The van der Waals surface area contributed by atoms with E-state index in [0.717, 1.165) is 26.4 Å². The highest BCUT2D eigenvalue weighted by molar-refractivity contribution is 9.11. The average molecular weight is 449 g/mol. The molecule has 0 amide bonds. The van der Waals surface area contributed by atoms with Crippen LogP contribution in [0.5, 0.6) is 5.75 Å². The fourth-order valence-electron chi connectivity index (χ4n) is 1.74. The summed E-state index contributed by atoms with van der Waals surface area (Å²) >= 11 is 10.5. The molecule has 0 aliphatic carbocycles. The molecule has 1 nitrogen and oxygen atoms in total. The minimum atomic E-state index is 0.662. The first-order valence-corrected chi connectivity index (χ1v) is 8.62. The summed E-state index contributed by atoms with van der Waals surface area (Å²) in [6, 6.07) is 14.5. The molecule has 0 saturated heterocycles. The van der Waals surface area contributed by atoms with Crippen LogP contribution in [0.4, 0.5) is 0 Å². The van der Waals surface area contributed by atoms with Crippen molar-refractivity contribution in [2.75, 3.05) is 6.61 Å². The summed E-state index contributed by atoms with van der Waals surface area (Å²) < 4.78 is 7.81. The molecule has 4 heteroatoms. The van der Waals surface area contributed by atoms with E-state index >= 15 is 0 Å². The van der Waals surface area contributed by atoms with E-state index in [0.29, 0.717) is 6.61 Å². The van der Waals surface area contributed by atoms with Crippen molar-refractivity contribution in [1.82, 2.24) is 0 Å². The van der Waals surface area contributed by atoms with Crippen molar-refractivity contribution in [2.24, 2.45) is 0 Å². The lowest BCUT2D eigenvalue weighted by Gasteiger charge is -2.11. The second-order valence-corrected chi connectivity index (χ2v) is 6.38. The molecule has 0 aliphatic heterocycles. The van der Waals surface area contributed by atoms with Crippen LogP contribution in [0.1, 0.15) is 11.1 Å². The lowest BCUT2D eigenvalue weighted by atomic mass is 10.2. The summed E-state index contributed by atoms with van der Waals surface area (Å²) in [6.07, 6.45) is 0.903. The third-order valence-corrected chi connectivity index (χ3v) is 4.52. The Bertz CT molecular complexity index is 517. The summed E-state index contributed by atoms with van der Waals surface area (Å²) in [6.45, 7) is 0.662. The van der Waals surface area contributed by atoms with Crippen molar-refractivity contribution in [3.8, 4) is 5.75 Å². The van der Waals surface area contributed by atoms with Gasteiger partial charge in [-0.05, 0) is 55.1 Å². The molecular formula is C15H13Br3O. The molecule has 0 radical (unpaired) electrons. The van der Waals surface area contributed by atoms with Crippen LogP contribution in [0.15, 0.2) is 51.4 Å². The van der Waals surface area contributed by atoms with Crippen LogP contribution in [0.2, 0.25) is 0 Å². The van der Waals surface area contributed by atoms with Crippen LogP contribution in [0.3, 0.4) is 0 Å². The topological polar surface area (TPSA) is 9.23 Å². The second kappa shape index (κ2) is 7.46. The molecule has 0 saturated carbocycles. The molecule has 0 heterocycles. The van der Waals surface area contributed by atoms with E-state index in [2.05, 4.69) is 72.1 Å². The molecule has 0 aliphatic rings. The van der Waals surface area contributed by atoms with E-state index in [9.17, 15) is 0 Å². The molecular weight excluding hydrogens is 436 g/mol. The minimum Gasteiger partial charge on any atom is -0.491 e. The molecule has 0 aromatic heterocycles. The lowest BCUT2D eigenvalue weighted by Crippen LogP contribution is -2.02. The highest BCUT2D eigenvalue weighted by Gasteiger charge is 2.08. The van der Waals surface area contributed by atoms with E-state index in [1.54, 1.807) is 0 Å². The molecule has 0 fully saturated rings. The van der Waals surface area contributed by atoms with Crippen LogP contribution >= 0.6 is 47.8 Å². The molecule has 2 aromatic rings. The predicted molar refractivity (Wildman–Crippen MR) is 90.1 cm³/mol. The van der Waals surface area contributed by atoms with Crippen molar-refractivity contribution < 1.29 is 4.74 Å². The Kier molecular flexibility index (Phi) is 5.92. The normalized spacial score (nSPS) is 10.5. The van der Waals surface area contributed by atoms with Gasteiger partial charge in [-0.1, -0.05) is 46.3 Å². The van der Waals surface area contributed by atoms with Crippen LogP contribution in [0, 0.1) is 0 Å². The Morgan fingerprint density at radius 2 is 1.53 bits per heavy atom. The molecule has 2 aromatic carbocycles. The second-order valence-electron chi connectivity index (χ2n) is 4.11. The van der Waals surface area contributed by atoms with E-state index in [1.165, 1.54) is 11.1 Å². The first kappa shape index (κ1) is 15.1. The van der Waals surface area contributed by atoms with Gasteiger partial charge in [0.25, 0.3) is 0 Å². The smallest absolute Gasteiger partial charge is 0.147 e. The van der Waals surface area contributed by atoms with Gasteiger partial charge in [0.15, 0.2) is 0 Å². The predicted octanol–water partition coefficient (Wildman–Crippen LogP) is 5.73. The highest BCUT2D eigenvalue weighted by Crippen LogP contribution is 2.35. The number of hydrogen-bond acceptors (Lipinski definition) is 1. The standard InChI is InChI=1S/C15H13Br3O/c16-10-12-8-13(17)15(14(18)9-12)19-7-6-11-4-2-1-3-5-11/h1-5,8-9H,6-7,10H2. The molecule has 100 valence electrons. The van der Waals surface area contributed by atoms with Gasteiger partial charge in [0.1, 0.15) is 5.75 Å². The maximum Gasteiger partial charge on any atom is 0.147 e. The van der Waals surface area contributed by atoms with Gasteiger partial charge >= 0.3 is 0 Å². The van der Waals surface area contributed by atoms with E-state index in [1.807, 2.05) is 18.2 Å². The summed E-state index contributed by atoms with van der Waals surface area (Å²) in [5.41, 5.74) is 2.49. The molecule has 19 heavy (non-hydrogen) atoms. The molecule has 2 rings (SSSR count). The van der Waals surface area contributed by atoms with Crippen molar-refractivity contribution >= 4 is 47.8 Å². The average Bonchev–Trinajstić information content (AvgIpc) is 2.42. The third-order valence-electron chi connectivity index (χ3n) is 2.69. The zero-order valence-electron chi connectivity index (χ0n) is 10.2.